The number of nitrogen functional groups attached to an aromatic ring is 1. The molecule has 21 heavy (non-hydrogen) atoms. The first-order valence-corrected chi connectivity index (χ1v) is 6.42. The molecule has 1 aromatic heterocycles. The van der Waals surface area contributed by atoms with E-state index in [-0.39, 0.29) is 11.3 Å². The van der Waals surface area contributed by atoms with Crippen molar-refractivity contribution in [2.45, 2.75) is 13.5 Å². The molecule has 0 amide bonds. The predicted octanol–water partition coefficient (Wildman–Crippen LogP) is 3.72. The average Bonchev–Trinajstić information content (AvgIpc) is 2.80. The molecule has 3 rings (SSSR count). The van der Waals surface area contributed by atoms with Gasteiger partial charge in [-0.25, -0.2) is 18.2 Å². The molecule has 0 spiro atoms. The number of hydrogen-bond donors (Lipinski definition) is 1. The third-order valence-corrected chi connectivity index (χ3v) is 3.35. The molecule has 0 atom stereocenters. The molecule has 0 unspecified atom stereocenters. The maximum absolute atomic E-state index is 14.0. The van der Waals surface area contributed by atoms with Gasteiger partial charge >= 0.3 is 0 Å². The van der Waals surface area contributed by atoms with E-state index in [9.17, 15) is 13.2 Å². The van der Waals surface area contributed by atoms with E-state index < -0.39 is 17.5 Å². The third-order valence-electron chi connectivity index (χ3n) is 3.35. The highest BCUT2D eigenvalue weighted by molar-refractivity contribution is 5.81. The lowest BCUT2D eigenvalue weighted by Gasteiger charge is -2.08. The summed E-state index contributed by atoms with van der Waals surface area (Å²) in [6.07, 6.45) is 0. The zero-order chi connectivity index (χ0) is 15.1. The third kappa shape index (κ3) is 2.12. The Kier molecular flexibility index (Phi) is 3.08. The molecule has 6 heteroatoms. The zero-order valence-electron chi connectivity index (χ0n) is 11.2. The van der Waals surface area contributed by atoms with Crippen molar-refractivity contribution in [1.82, 2.24) is 9.55 Å². The molecule has 2 aromatic carbocycles. The summed E-state index contributed by atoms with van der Waals surface area (Å²) in [5.74, 6) is -1.70. The first-order chi connectivity index (χ1) is 10.0. The van der Waals surface area contributed by atoms with Gasteiger partial charge in [-0.15, -0.1) is 0 Å². The summed E-state index contributed by atoms with van der Waals surface area (Å²) < 4.78 is 42.3. The molecule has 0 fully saturated rings. The van der Waals surface area contributed by atoms with Crippen molar-refractivity contribution in [3.8, 4) is 11.4 Å². The van der Waals surface area contributed by atoms with Gasteiger partial charge in [0, 0.05) is 18.7 Å². The minimum atomic E-state index is -0.818. The molecular formula is C15H12F3N3. The van der Waals surface area contributed by atoms with Crippen LogP contribution in [0.1, 0.15) is 6.92 Å². The van der Waals surface area contributed by atoms with Crippen molar-refractivity contribution in [3.63, 3.8) is 0 Å². The highest BCUT2D eigenvalue weighted by Gasteiger charge is 2.17. The van der Waals surface area contributed by atoms with Crippen LogP contribution in [0.4, 0.5) is 18.9 Å². The van der Waals surface area contributed by atoms with Gasteiger partial charge in [0.15, 0.2) is 0 Å². The van der Waals surface area contributed by atoms with Crippen molar-refractivity contribution in [2.24, 2.45) is 0 Å². The molecule has 0 saturated heterocycles. The minimum Gasteiger partial charge on any atom is -0.396 e. The minimum absolute atomic E-state index is 0.0901. The van der Waals surface area contributed by atoms with Crippen LogP contribution in [0.3, 0.4) is 0 Å². The molecule has 0 aliphatic heterocycles. The number of aryl methyl sites for hydroxylation is 1. The van der Waals surface area contributed by atoms with Crippen molar-refractivity contribution in [3.05, 3.63) is 47.8 Å². The summed E-state index contributed by atoms with van der Waals surface area (Å²) in [5, 5.41) is 0. The molecule has 0 aliphatic carbocycles. The van der Waals surface area contributed by atoms with Gasteiger partial charge in [0.25, 0.3) is 0 Å². The van der Waals surface area contributed by atoms with Crippen LogP contribution in [0.25, 0.3) is 22.4 Å². The van der Waals surface area contributed by atoms with Crippen LogP contribution in [0.2, 0.25) is 0 Å². The number of fused-ring (bicyclic) bond motifs is 1. The number of anilines is 1. The lowest BCUT2D eigenvalue weighted by Crippen LogP contribution is -2.01. The van der Waals surface area contributed by atoms with E-state index >= 15 is 0 Å². The Morgan fingerprint density at radius 1 is 1.10 bits per heavy atom. The monoisotopic (exact) mass is 291 g/mol. The van der Waals surface area contributed by atoms with Gasteiger partial charge in [-0.2, -0.15) is 0 Å². The maximum Gasteiger partial charge on any atom is 0.149 e. The summed E-state index contributed by atoms with van der Waals surface area (Å²) in [4.78, 5) is 4.25. The fourth-order valence-corrected chi connectivity index (χ4v) is 2.37. The number of nitrogens with two attached hydrogens (primary N) is 1. The largest absolute Gasteiger partial charge is 0.396 e. The summed E-state index contributed by atoms with van der Waals surface area (Å²) in [5.41, 5.74) is 6.52. The Hall–Kier alpha value is -2.50. The molecule has 0 bridgehead atoms. The topological polar surface area (TPSA) is 43.8 Å². The maximum atomic E-state index is 14.0. The van der Waals surface area contributed by atoms with E-state index in [4.69, 9.17) is 5.73 Å². The van der Waals surface area contributed by atoms with Crippen LogP contribution in [0.15, 0.2) is 30.3 Å². The van der Waals surface area contributed by atoms with Gasteiger partial charge in [-0.05, 0) is 25.1 Å². The first-order valence-electron chi connectivity index (χ1n) is 6.42. The van der Waals surface area contributed by atoms with Gasteiger partial charge in [-0.1, -0.05) is 0 Å². The second kappa shape index (κ2) is 4.80. The Morgan fingerprint density at radius 3 is 2.57 bits per heavy atom. The molecular weight excluding hydrogens is 279 g/mol. The van der Waals surface area contributed by atoms with Crippen LogP contribution in [-0.2, 0) is 6.54 Å². The lowest BCUT2D eigenvalue weighted by atomic mass is 10.1. The zero-order valence-corrected chi connectivity index (χ0v) is 11.2. The van der Waals surface area contributed by atoms with Gasteiger partial charge in [0.2, 0.25) is 0 Å². The lowest BCUT2D eigenvalue weighted by molar-refractivity contribution is 0.587. The van der Waals surface area contributed by atoms with E-state index in [0.717, 1.165) is 6.07 Å². The molecule has 3 nitrogen and oxygen atoms in total. The van der Waals surface area contributed by atoms with Gasteiger partial charge in [0.1, 0.15) is 23.3 Å². The number of benzene rings is 2. The standard InChI is InChI=1S/C15H12F3N3/c1-2-21-14-4-3-8(16)5-13(14)20-15(21)9-6-12(19)11(18)7-10(9)17/h3-7H,2,19H2,1H3. The molecule has 0 aliphatic rings. The predicted molar refractivity (Wildman–Crippen MR) is 75.1 cm³/mol. The van der Waals surface area contributed by atoms with Gasteiger partial charge in [-0.3, -0.25) is 0 Å². The van der Waals surface area contributed by atoms with Crippen LogP contribution < -0.4 is 5.73 Å². The molecule has 3 aromatic rings. The highest BCUT2D eigenvalue weighted by Crippen LogP contribution is 2.29. The normalized spacial score (nSPS) is 11.2. The SMILES string of the molecule is CCn1c(-c2cc(N)c(F)cc2F)nc2cc(F)ccc21. The Bertz CT molecular complexity index is 840. The van der Waals surface area contributed by atoms with Crippen LogP contribution >= 0.6 is 0 Å². The van der Waals surface area contributed by atoms with E-state index in [1.165, 1.54) is 18.2 Å². The smallest absolute Gasteiger partial charge is 0.149 e. The van der Waals surface area contributed by atoms with E-state index in [1.54, 1.807) is 10.6 Å². The second-order valence-electron chi connectivity index (χ2n) is 4.67. The second-order valence-corrected chi connectivity index (χ2v) is 4.67. The van der Waals surface area contributed by atoms with E-state index in [1.807, 2.05) is 6.92 Å². The molecule has 2 N–H and O–H groups in total. The molecule has 108 valence electrons. The Balaban J connectivity index is 2.32. The molecule has 1 heterocycles. The highest BCUT2D eigenvalue weighted by atomic mass is 19.1. The summed E-state index contributed by atoms with van der Waals surface area (Å²) >= 11 is 0. The van der Waals surface area contributed by atoms with Crippen molar-refractivity contribution >= 4 is 16.7 Å². The van der Waals surface area contributed by atoms with E-state index in [0.29, 0.717) is 23.4 Å². The number of halogens is 3. The van der Waals surface area contributed by atoms with E-state index in [2.05, 4.69) is 4.98 Å². The number of aromatic nitrogens is 2. The molecule has 0 radical (unpaired) electrons. The van der Waals surface area contributed by atoms with Crippen LogP contribution in [0.5, 0.6) is 0 Å². The quantitative estimate of drug-likeness (QED) is 0.731. The van der Waals surface area contributed by atoms with Crippen molar-refractivity contribution < 1.29 is 13.2 Å². The Labute approximate surface area is 118 Å². The summed E-state index contributed by atoms with van der Waals surface area (Å²) in [7, 11) is 0. The Morgan fingerprint density at radius 2 is 1.86 bits per heavy atom. The average molecular weight is 291 g/mol. The summed E-state index contributed by atoms with van der Waals surface area (Å²) in [6, 6.07) is 6.10. The molecule has 0 saturated carbocycles. The van der Waals surface area contributed by atoms with Crippen LogP contribution in [0, 0.1) is 17.5 Å². The van der Waals surface area contributed by atoms with Gasteiger partial charge < -0.3 is 10.3 Å². The number of hydrogen-bond acceptors (Lipinski definition) is 2. The van der Waals surface area contributed by atoms with Crippen LogP contribution in [-0.4, -0.2) is 9.55 Å². The number of imidazole rings is 1. The first kappa shape index (κ1) is 13.5. The van der Waals surface area contributed by atoms with Gasteiger partial charge in [0.05, 0.1) is 22.3 Å². The van der Waals surface area contributed by atoms with Crippen molar-refractivity contribution in [2.75, 3.05) is 5.73 Å². The fourth-order valence-electron chi connectivity index (χ4n) is 2.37. The van der Waals surface area contributed by atoms with Crippen molar-refractivity contribution in [1.29, 1.82) is 0 Å². The number of nitrogens with zero attached hydrogens (tertiary/aromatic N) is 2. The number of rotatable bonds is 2. The summed E-state index contributed by atoms with van der Waals surface area (Å²) in [6.45, 7) is 2.37. The fraction of sp³-hybridized carbons (Fsp3) is 0.133.